The zero-order chi connectivity index (χ0) is 21.3. The molecule has 1 atom stereocenters. The molecule has 0 aliphatic rings. The lowest BCUT2D eigenvalue weighted by atomic mass is 10.2. The highest BCUT2D eigenvalue weighted by Gasteiger charge is 2.34. The van der Waals surface area contributed by atoms with Gasteiger partial charge in [0, 0.05) is 22.2 Å². The second-order valence-electron chi connectivity index (χ2n) is 5.90. The van der Waals surface area contributed by atoms with Crippen LogP contribution in [-0.4, -0.2) is 24.5 Å². The first-order valence-corrected chi connectivity index (χ1v) is 10.7. The normalized spacial score (nSPS) is 12.6. The number of carboxylic acid groups (broad SMARTS) is 1. The zero-order valence-corrected chi connectivity index (χ0v) is 17.1. The lowest BCUT2D eigenvalue weighted by Gasteiger charge is -2.30. The average molecular weight is 459 g/mol. The second kappa shape index (κ2) is 8.05. The van der Waals surface area contributed by atoms with Crippen LogP contribution in [0.1, 0.15) is 27.6 Å². The van der Waals surface area contributed by atoms with Gasteiger partial charge in [0.05, 0.1) is 16.6 Å². The molecule has 0 aliphatic carbocycles. The summed E-state index contributed by atoms with van der Waals surface area (Å²) in [4.78, 5) is 14.9. The third-order valence-electron chi connectivity index (χ3n) is 3.99. The summed E-state index contributed by atoms with van der Waals surface area (Å²) < 4.78 is 55.7. The summed E-state index contributed by atoms with van der Waals surface area (Å²) in [7, 11) is -4.37. The van der Waals surface area contributed by atoms with Crippen LogP contribution in [0, 0.1) is 11.6 Å². The number of carboxylic acids is 1. The Morgan fingerprint density at radius 2 is 1.86 bits per heavy atom. The molecule has 3 aromatic rings. The first kappa shape index (κ1) is 21.2. The Morgan fingerprint density at radius 1 is 1.21 bits per heavy atom. The Hall–Kier alpha value is -2.56. The summed E-state index contributed by atoms with van der Waals surface area (Å²) in [5.74, 6) is -3.07. The van der Waals surface area contributed by atoms with Crippen molar-refractivity contribution in [1.82, 2.24) is 4.98 Å². The molecule has 0 saturated carbocycles. The highest BCUT2D eigenvalue weighted by molar-refractivity contribution is 7.92. The molecule has 0 aliphatic heterocycles. The number of aromatic carboxylic acids is 1. The van der Waals surface area contributed by atoms with Crippen LogP contribution >= 0.6 is 22.9 Å². The van der Waals surface area contributed by atoms with E-state index in [4.69, 9.17) is 16.7 Å². The number of sulfonamides is 1. The molecule has 11 heteroatoms. The van der Waals surface area contributed by atoms with Gasteiger partial charge in [-0.3, -0.25) is 4.31 Å². The third-order valence-corrected chi connectivity index (χ3v) is 7.29. The Morgan fingerprint density at radius 3 is 2.45 bits per heavy atom. The maximum atomic E-state index is 14.5. The van der Waals surface area contributed by atoms with Crippen molar-refractivity contribution in [2.75, 3.05) is 4.31 Å². The molecule has 1 heterocycles. The standard InChI is InChI=1S/C18H13ClF2N2O4S2/c1-10(16-9-22-17(28-16)18(24)25)23(15-8-12(20)4-7-14(15)21)29(26,27)13-5-2-11(19)3-6-13/h2-10H,1H3,(H,24,25). The first-order chi connectivity index (χ1) is 13.6. The maximum Gasteiger partial charge on any atom is 0.365 e. The van der Waals surface area contributed by atoms with Crippen molar-refractivity contribution in [2.45, 2.75) is 17.9 Å². The minimum atomic E-state index is -4.37. The number of halogens is 3. The summed E-state index contributed by atoms with van der Waals surface area (Å²) in [6.45, 7) is 1.43. The summed E-state index contributed by atoms with van der Waals surface area (Å²) in [5.41, 5.74) is -0.516. The van der Waals surface area contributed by atoms with Crippen LogP contribution in [-0.2, 0) is 10.0 Å². The topological polar surface area (TPSA) is 87.6 Å². The smallest absolute Gasteiger partial charge is 0.365 e. The van der Waals surface area contributed by atoms with Crippen molar-refractivity contribution in [3.8, 4) is 0 Å². The Kier molecular flexibility index (Phi) is 5.87. The molecule has 0 fully saturated rings. The quantitative estimate of drug-likeness (QED) is 0.577. The first-order valence-electron chi connectivity index (χ1n) is 8.05. The van der Waals surface area contributed by atoms with Crippen molar-refractivity contribution < 1.29 is 27.1 Å². The summed E-state index contributed by atoms with van der Waals surface area (Å²) >= 11 is 6.56. The molecule has 0 radical (unpaired) electrons. The van der Waals surface area contributed by atoms with Crippen molar-refractivity contribution in [1.29, 1.82) is 0 Å². The van der Waals surface area contributed by atoms with E-state index in [1.807, 2.05) is 0 Å². The van der Waals surface area contributed by atoms with Gasteiger partial charge in [0.1, 0.15) is 11.6 Å². The van der Waals surface area contributed by atoms with Crippen LogP contribution in [0.5, 0.6) is 0 Å². The van der Waals surface area contributed by atoms with Gasteiger partial charge in [-0.1, -0.05) is 11.6 Å². The van der Waals surface area contributed by atoms with Gasteiger partial charge in [0.25, 0.3) is 10.0 Å². The number of anilines is 1. The van der Waals surface area contributed by atoms with Gasteiger partial charge in [-0.25, -0.2) is 27.0 Å². The number of aromatic nitrogens is 1. The molecule has 152 valence electrons. The number of hydrogen-bond donors (Lipinski definition) is 1. The monoisotopic (exact) mass is 458 g/mol. The number of nitrogens with zero attached hydrogens (tertiary/aromatic N) is 2. The summed E-state index contributed by atoms with van der Waals surface area (Å²) in [5, 5.41) is 9.12. The molecule has 0 bridgehead atoms. The molecule has 3 rings (SSSR count). The van der Waals surface area contributed by atoms with Crippen molar-refractivity contribution >= 4 is 44.6 Å². The fourth-order valence-corrected chi connectivity index (χ4v) is 5.24. The van der Waals surface area contributed by atoms with E-state index in [0.29, 0.717) is 9.33 Å². The van der Waals surface area contributed by atoms with E-state index in [1.165, 1.54) is 37.4 Å². The van der Waals surface area contributed by atoms with E-state index in [0.717, 1.165) is 29.5 Å². The average Bonchev–Trinajstić information content (AvgIpc) is 3.15. The molecule has 1 aromatic heterocycles. The zero-order valence-electron chi connectivity index (χ0n) is 14.7. The van der Waals surface area contributed by atoms with Crippen LogP contribution in [0.3, 0.4) is 0 Å². The van der Waals surface area contributed by atoms with Gasteiger partial charge < -0.3 is 5.11 Å². The van der Waals surface area contributed by atoms with E-state index in [9.17, 15) is 22.0 Å². The molecule has 2 aromatic carbocycles. The van der Waals surface area contributed by atoms with Gasteiger partial charge in [0.15, 0.2) is 0 Å². The molecule has 1 unspecified atom stereocenters. The van der Waals surface area contributed by atoms with Crippen LogP contribution in [0.25, 0.3) is 0 Å². The van der Waals surface area contributed by atoms with Gasteiger partial charge in [-0.2, -0.15) is 0 Å². The maximum absolute atomic E-state index is 14.5. The number of rotatable bonds is 6. The van der Waals surface area contributed by atoms with E-state index in [-0.39, 0.29) is 14.8 Å². The predicted octanol–water partition coefficient (Wildman–Crippen LogP) is 4.73. The Balaban J connectivity index is 2.19. The molecule has 0 saturated heterocycles. The Bertz CT molecular complexity index is 1170. The lowest BCUT2D eigenvalue weighted by Crippen LogP contribution is -2.34. The molecular weight excluding hydrogens is 446 g/mol. The number of thiazole rings is 1. The highest BCUT2D eigenvalue weighted by atomic mass is 35.5. The molecule has 6 nitrogen and oxygen atoms in total. The van der Waals surface area contributed by atoms with Crippen molar-refractivity contribution in [2.24, 2.45) is 0 Å². The molecular formula is C18H13ClF2N2O4S2. The SMILES string of the molecule is CC(c1cnc(C(=O)O)s1)N(c1cc(F)ccc1F)S(=O)(=O)c1ccc(Cl)cc1. The van der Waals surface area contributed by atoms with Crippen LogP contribution in [0.2, 0.25) is 5.02 Å². The van der Waals surface area contributed by atoms with E-state index in [1.54, 1.807) is 0 Å². The van der Waals surface area contributed by atoms with Gasteiger partial charge in [-0.15, -0.1) is 11.3 Å². The largest absolute Gasteiger partial charge is 0.476 e. The summed E-state index contributed by atoms with van der Waals surface area (Å²) in [6, 6.07) is 6.57. The van der Waals surface area contributed by atoms with Crippen LogP contribution in [0.4, 0.5) is 14.5 Å². The van der Waals surface area contributed by atoms with Crippen LogP contribution < -0.4 is 4.31 Å². The van der Waals surface area contributed by atoms with Crippen molar-refractivity contribution in [3.05, 3.63) is 75.2 Å². The van der Waals surface area contributed by atoms with Gasteiger partial charge in [-0.05, 0) is 43.3 Å². The van der Waals surface area contributed by atoms with E-state index < -0.39 is 39.4 Å². The van der Waals surface area contributed by atoms with E-state index >= 15 is 0 Å². The number of benzene rings is 2. The molecule has 0 amide bonds. The fourth-order valence-electron chi connectivity index (χ4n) is 2.62. The van der Waals surface area contributed by atoms with Crippen LogP contribution in [0.15, 0.2) is 53.6 Å². The van der Waals surface area contributed by atoms with E-state index in [2.05, 4.69) is 4.98 Å². The Labute approximate surface area is 174 Å². The number of carbonyl (C=O) groups is 1. The lowest BCUT2D eigenvalue weighted by molar-refractivity contribution is 0.0696. The fraction of sp³-hybridized carbons (Fsp3) is 0.111. The third kappa shape index (κ3) is 4.24. The van der Waals surface area contributed by atoms with Gasteiger partial charge in [0.2, 0.25) is 5.01 Å². The second-order valence-corrected chi connectivity index (χ2v) is 9.21. The molecule has 29 heavy (non-hydrogen) atoms. The van der Waals surface area contributed by atoms with Gasteiger partial charge >= 0.3 is 5.97 Å². The predicted molar refractivity (Wildman–Crippen MR) is 105 cm³/mol. The molecule has 0 spiro atoms. The van der Waals surface area contributed by atoms with Crippen molar-refractivity contribution in [3.63, 3.8) is 0 Å². The minimum absolute atomic E-state index is 0.194. The number of hydrogen-bond acceptors (Lipinski definition) is 5. The molecule has 1 N–H and O–H groups in total. The summed E-state index contributed by atoms with van der Waals surface area (Å²) in [6.07, 6.45) is 1.19. The minimum Gasteiger partial charge on any atom is -0.476 e. The highest BCUT2D eigenvalue weighted by Crippen LogP contribution is 2.37.